The summed E-state index contributed by atoms with van der Waals surface area (Å²) in [7, 11) is 0. The predicted octanol–water partition coefficient (Wildman–Crippen LogP) is 3.67. The molecule has 0 aliphatic carbocycles. The van der Waals surface area contributed by atoms with Gasteiger partial charge in [-0.1, -0.05) is 50.6 Å². The highest BCUT2D eigenvalue weighted by Crippen LogP contribution is 2.35. The zero-order chi connectivity index (χ0) is 17.1. The second-order valence-electron chi connectivity index (χ2n) is 7.82. The molecule has 0 bridgehead atoms. The molecule has 2 rings (SSSR count). The summed E-state index contributed by atoms with van der Waals surface area (Å²) in [5.74, 6) is 0.234. The number of rotatable bonds is 5. The number of carbonyl (C=O) groups excluding carboxylic acids is 1. The third-order valence-corrected chi connectivity index (χ3v) is 5.69. The van der Waals surface area contributed by atoms with Crippen LogP contribution in [0.5, 0.6) is 0 Å². The van der Waals surface area contributed by atoms with Gasteiger partial charge < -0.3 is 10.0 Å². The van der Waals surface area contributed by atoms with Crippen molar-refractivity contribution in [2.24, 2.45) is 5.41 Å². The van der Waals surface area contributed by atoms with E-state index in [4.69, 9.17) is 0 Å². The van der Waals surface area contributed by atoms with Crippen LogP contribution in [0.4, 0.5) is 0 Å². The van der Waals surface area contributed by atoms with Crippen molar-refractivity contribution in [1.29, 1.82) is 0 Å². The van der Waals surface area contributed by atoms with Crippen LogP contribution in [0.25, 0.3) is 0 Å². The molecule has 1 aromatic carbocycles. The maximum atomic E-state index is 12.7. The number of hydrogen-bond acceptors (Lipinski definition) is 2. The van der Waals surface area contributed by atoms with Crippen LogP contribution < -0.4 is 0 Å². The van der Waals surface area contributed by atoms with Gasteiger partial charge in [-0.2, -0.15) is 0 Å². The molecule has 128 valence electrons. The fraction of sp³-hybridized carbons (Fsp3) is 0.650. The van der Waals surface area contributed by atoms with Crippen molar-refractivity contribution in [2.45, 2.75) is 58.8 Å². The number of likely N-dealkylation sites (tertiary alicyclic amines) is 1. The SMILES string of the molecule is CCC1(CO)CCN(C(=O)CC(C)(C)c2ccc(C)cc2)CC1. The molecule has 23 heavy (non-hydrogen) atoms. The van der Waals surface area contributed by atoms with E-state index in [0.717, 1.165) is 32.4 Å². The summed E-state index contributed by atoms with van der Waals surface area (Å²) in [6, 6.07) is 8.48. The topological polar surface area (TPSA) is 40.5 Å². The van der Waals surface area contributed by atoms with Gasteiger partial charge in [-0.05, 0) is 42.6 Å². The molecule has 0 saturated carbocycles. The molecule has 1 N–H and O–H groups in total. The molecule has 0 radical (unpaired) electrons. The van der Waals surface area contributed by atoms with Crippen molar-refractivity contribution in [3.05, 3.63) is 35.4 Å². The largest absolute Gasteiger partial charge is 0.396 e. The number of nitrogens with zero attached hydrogens (tertiary/aromatic N) is 1. The van der Waals surface area contributed by atoms with Gasteiger partial charge in [0.1, 0.15) is 0 Å². The number of carbonyl (C=O) groups is 1. The minimum atomic E-state index is -0.152. The number of aliphatic hydroxyl groups is 1. The van der Waals surface area contributed by atoms with E-state index in [0.29, 0.717) is 6.42 Å². The number of piperidine rings is 1. The molecule has 0 unspecified atom stereocenters. The van der Waals surface area contributed by atoms with Gasteiger partial charge >= 0.3 is 0 Å². The van der Waals surface area contributed by atoms with E-state index in [2.05, 4.69) is 52.0 Å². The standard InChI is InChI=1S/C20H31NO2/c1-5-20(15-22)10-12-21(13-11-20)18(23)14-19(3,4)17-8-6-16(2)7-9-17/h6-9,22H,5,10-15H2,1-4H3. The van der Waals surface area contributed by atoms with Crippen LogP contribution in [0.3, 0.4) is 0 Å². The highest BCUT2D eigenvalue weighted by Gasteiger charge is 2.35. The lowest BCUT2D eigenvalue weighted by Gasteiger charge is -2.41. The summed E-state index contributed by atoms with van der Waals surface area (Å²) >= 11 is 0. The second-order valence-corrected chi connectivity index (χ2v) is 7.82. The van der Waals surface area contributed by atoms with E-state index in [1.165, 1.54) is 11.1 Å². The molecule has 3 nitrogen and oxygen atoms in total. The van der Waals surface area contributed by atoms with Crippen molar-refractivity contribution in [3.8, 4) is 0 Å². The Hall–Kier alpha value is -1.35. The first-order chi connectivity index (χ1) is 10.8. The van der Waals surface area contributed by atoms with Crippen LogP contribution in [0.2, 0.25) is 0 Å². The lowest BCUT2D eigenvalue weighted by atomic mass is 9.76. The fourth-order valence-electron chi connectivity index (χ4n) is 3.45. The first kappa shape index (κ1) is 18.0. The van der Waals surface area contributed by atoms with Crippen LogP contribution in [-0.4, -0.2) is 35.6 Å². The van der Waals surface area contributed by atoms with Crippen molar-refractivity contribution < 1.29 is 9.90 Å². The maximum absolute atomic E-state index is 12.7. The third-order valence-electron chi connectivity index (χ3n) is 5.69. The zero-order valence-corrected chi connectivity index (χ0v) is 15.1. The van der Waals surface area contributed by atoms with Crippen LogP contribution in [0.15, 0.2) is 24.3 Å². The van der Waals surface area contributed by atoms with E-state index in [-0.39, 0.29) is 23.3 Å². The normalized spacial score (nSPS) is 18.0. The molecule has 1 saturated heterocycles. The number of benzene rings is 1. The van der Waals surface area contributed by atoms with Crippen LogP contribution in [-0.2, 0) is 10.2 Å². The Balaban J connectivity index is 1.98. The van der Waals surface area contributed by atoms with Gasteiger partial charge in [-0.15, -0.1) is 0 Å². The van der Waals surface area contributed by atoms with Gasteiger partial charge in [0.15, 0.2) is 0 Å². The third kappa shape index (κ3) is 4.14. The van der Waals surface area contributed by atoms with E-state index in [9.17, 15) is 9.90 Å². The first-order valence-corrected chi connectivity index (χ1v) is 8.78. The maximum Gasteiger partial charge on any atom is 0.223 e. The molecule has 0 spiro atoms. The molecule has 0 atom stereocenters. The molecule has 0 aromatic heterocycles. The number of amides is 1. The summed E-state index contributed by atoms with van der Waals surface area (Å²) in [5, 5.41) is 9.62. The molecule has 1 fully saturated rings. The molecule has 1 aromatic rings. The smallest absolute Gasteiger partial charge is 0.223 e. The monoisotopic (exact) mass is 317 g/mol. The van der Waals surface area contributed by atoms with Gasteiger partial charge in [-0.25, -0.2) is 0 Å². The zero-order valence-electron chi connectivity index (χ0n) is 15.1. The van der Waals surface area contributed by atoms with Gasteiger partial charge in [0.2, 0.25) is 5.91 Å². The number of hydrogen-bond donors (Lipinski definition) is 1. The van der Waals surface area contributed by atoms with Gasteiger partial charge in [0, 0.05) is 26.1 Å². The highest BCUT2D eigenvalue weighted by atomic mass is 16.3. The molecular weight excluding hydrogens is 286 g/mol. The molecule has 1 heterocycles. The van der Waals surface area contributed by atoms with Gasteiger partial charge in [0.25, 0.3) is 0 Å². The number of aryl methyl sites for hydroxylation is 1. The Kier molecular flexibility index (Phi) is 5.51. The first-order valence-electron chi connectivity index (χ1n) is 8.78. The van der Waals surface area contributed by atoms with Crippen molar-refractivity contribution in [1.82, 2.24) is 4.90 Å². The summed E-state index contributed by atoms with van der Waals surface area (Å²) in [6.45, 7) is 10.3. The van der Waals surface area contributed by atoms with Crippen molar-refractivity contribution >= 4 is 5.91 Å². The minimum Gasteiger partial charge on any atom is -0.396 e. The highest BCUT2D eigenvalue weighted by molar-refractivity contribution is 5.77. The average Bonchev–Trinajstić information content (AvgIpc) is 2.55. The molecule has 1 aliphatic heterocycles. The lowest BCUT2D eigenvalue weighted by molar-refractivity contribution is -0.135. The van der Waals surface area contributed by atoms with E-state index >= 15 is 0 Å². The number of aliphatic hydroxyl groups excluding tert-OH is 1. The molecular formula is C20H31NO2. The van der Waals surface area contributed by atoms with E-state index < -0.39 is 0 Å². The summed E-state index contributed by atoms with van der Waals surface area (Å²) in [5.41, 5.74) is 2.34. The molecule has 1 amide bonds. The molecule has 1 aliphatic rings. The Labute approximate surface area is 140 Å². The minimum absolute atomic E-state index is 0.0310. The summed E-state index contributed by atoms with van der Waals surface area (Å²) < 4.78 is 0. The predicted molar refractivity (Wildman–Crippen MR) is 94.4 cm³/mol. The fourth-order valence-corrected chi connectivity index (χ4v) is 3.45. The van der Waals surface area contributed by atoms with E-state index in [1.807, 2.05) is 4.90 Å². The van der Waals surface area contributed by atoms with E-state index in [1.54, 1.807) is 0 Å². The lowest BCUT2D eigenvalue weighted by Crippen LogP contribution is -2.45. The van der Waals surface area contributed by atoms with Crippen LogP contribution >= 0.6 is 0 Å². The second kappa shape index (κ2) is 7.04. The Morgan fingerprint density at radius 1 is 1.22 bits per heavy atom. The summed E-state index contributed by atoms with van der Waals surface area (Å²) in [4.78, 5) is 14.7. The van der Waals surface area contributed by atoms with Crippen LogP contribution in [0, 0.1) is 12.3 Å². The van der Waals surface area contributed by atoms with Gasteiger partial charge in [0.05, 0.1) is 0 Å². The molecule has 3 heteroatoms. The Morgan fingerprint density at radius 3 is 2.26 bits per heavy atom. The van der Waals surface area contributed by atoms with Gasteiger partial charge in [-0.3, -0.25) is 4.79 Å². The Bertz CT molecular complexity index is 519. The van der Waals surface area contributed by atoms with Crippen molar-refractivity contribution in [2.75, 3.05) is 19.7 Å². The van der Waals surface area contributed by atoms with Crippen molar-refractivity contribution in [3.63, 3.8) is 0 Å². The van der Waals surface area contributed by atoms with Crippen LogP contribution in [0.1, 0.15) is 57.6 Å². The summed E-state index contributed by atoms with van der Waals surface area (Å²) in [6.07, 6.45) is 3.35. The Morgan fingerprint density at radius 2 is 1.78 bits per heavy atom. The average molecular weight is 317 g/mol. The quantitative estimate of drug-likeness (QED) is 0.900.